The van der Waals surface area contributed by atoms with Crippen LogP contribution in [0.25, 0.3) is 0 Å². The summed E-state index contributed by atoms with van der Waals surface area (Å²) in [5.74, 6) is 2.39. The van der Waals surface area contributed by atoms with Gasteiger partial charge in [-0.25, -0.2) is 4.98 Å². The average Bonchev–Trinajstić information content (AvgIpc) is 3.48. The number of guanidine groups is 1. The fourth-order valence-corrected chi connectivity index (χ4v) is 2.87. The summed E-state index contributed by atoms with van der Waals surface area (Å²) in [6.45, 7) is 5.01. The lowest BCUT2D eigenvalue weighted by molar-refractivity contribution is -0.122. The quantitative estimate of drug-likeness (QED) is 0.297. The van der Waals surface area contributed by atoms with Crippen LogP contribution in [0, 0.1) is 5.92 Å². The highest BCUT2D eigenvalue weighted by Crippen LogP contribution is 2.28. The first-order valence-corrected chi connectivity index (χ1v) is 8.67. The molecule has 2 heterocycles. The Labute approximate surface area is 166 Å². The number of piperazine rings is 1. The van der Waals surface area contributed by atoms with Crippen molar-refractivity contribution in [3.05, 3.63) is 24.4 Å². The Morgan fingerprint density at radius 2 is 1.92 bits per heavy atom. The van der Waals surface area contributed by atoms with Gasteiger partial charge in [0.1, 0.15) is 5.82 Å². The van der Waals surface area contributed by atoms with Crippen molar-refractivity contribution in [3.63, 3.8) is 0 Å². The second-order valence-corrected chi connectivity index (χ2v) is 6.20. The summed E-state index contributed by atoms with van der Waals surface area (Å²) in [4.78, 5) is 24.9. The number of carbonyl (C=O) groups excluding carboxylic acids is 1. The zero-order valence-corrected chi connectivity index (χ0v) is 17.0. The Balaban J connectivity index is 0.00000225. The summed E-state index contributed by atoms with van der Waals surface area (Å²) in [6.07, 6.45) is 3.92. The zero-order valence-electron chi connectivity index (χ0n) is 14.6. The lowest BCUT2D eigenvalue weighted by atomic mass is 10.3. The molecule has 7 nitrogen and oxygen atoms in total. The second kappa shape index (κ2) is 9.79. The average molecular weight is 458 g/mol. The van der Waals surface area contributed by atoms with E-state index in [4.69, 9.17) is 0 Å². The molecule has 3 rings (SSSR count). The smallest absolute Gasteiger partial charge is 0.223 e. The van der Waals surface area contributed by atoms with Gasteiger partial charge in [0.2, 0.25) is 5.91 Å². The van der Waals surface area contributed by atoms with Crippen molar-refractivity contribution in [1.82, 2.24) is 20.5 Å². The van der Waals surface area contributed by atoms with Gasteiger partial charge in [-0.2, -0.15) is 0 Å². The summed E-state index contributed by atoms with van der Waals surface area (Å²) in [5.41, 5.74) is 0. The maximum absolute atomic E-state index is 11.6. The molecule has 1 saturated heterocycles. The van der Waals surface area contributed by atoms with Gasteiger partial charge in [0.25, 0.3) is 0 Å². The Morgan fingerprint density at radius 3 is 2.52 bits per heavy atom. The van der Waals surface area contributed by atoms with Crippen LogP contribution >= 0.6 is 24.0 Å². The number of halogens is 1. The van der Waals surface area contributed by atoms with Gasteiger partial charge in [0.15, 0.2) is 5.96 Å². The third kappa shape index (κ3) is 5.72. The van der Waals surface area contributed by atoms with E-state index in [9.17, 15) is 4.79 Å². The predicted octanol–water partition coefficient (Wildman–Crippen LogP) is 0.923. The summed E-state index contributed by atoms with van der Waals surface area (Å²) >= 11 is 0. The van der Waals surface area contributed by atoms with Gasteiger partial charge < -0.3 is 20.4 Å². The molecule has 1 aliphatic carbocycles. The molecule has 2 fully saturated rings. The minimum atomic E-state index is 0. The monoisotopic (exact) mass is 458 g/mol. The van der Waals surface area contributed by atoms with Crippen LogP contribution in [0.15, 0.2) is 29.4 Å². The molecule has 1 aliphatic heterocycles. The fourth-order valence-electron chi connectivity index (χ4n) is 2.87. The molecule has 25 heavy (non-hydrogen) atoms. The molecule has 0 bridgehead atoms. The topological polar surface area (TPSA) is 72.9 Å². The molecule has 0 unspecified atom stereocenters. The van der Waals surface area contributed by atoms with E-state index in [2.05, 4.69) is 30.4 Å². The molecule has 2 aliphatic rings. The van der Waals surface area contributed by atoms with E-state index in [1.807, 2.05) is 24.4 Å². The maximum atomic E-state index is 11.6. The van der Waals surface area contributed by atoms with E-state index < -0.39 is 0 Å². The molecule has 1 aromatic heterocycles. The highest BCUT2D eigenvalue weighted by molar-refractivity contribution is 14.0. The molecule has 0 atom stereocenters. The van der Waals surface area contributed by atoms with Crippen LogP contribution in [0.5, 0.6) is 0 Å². The van der Waals surface area contributed by atoms with E-state index in [1.165, 1.54) is 0 Å². The standard InChI is InChI=1S/C17H26N6O.HI/c1-18-17(21-9-8-20-16(24)14-5-6-14)23-12-10-22(11-13-23)15-4-2-3-7-19-15;/h2-4,7,14H,5-6,8-13H2,1H3,(H,18,21)(H,20,24);1H. The summed E-state index contributed by atoms with van der Waals surface area (Å²) in [5, 5.41) is 6.30. The minimum Gasteiger partial charge on any atom is -0.354 e. The lowest BCUT2D eigenvalue weighted by Crippen LogP contribution is -2.53. The first kappa shape index (κ1) is 19.7. The van der Waals surface area contributed by atoms with Gasteiger partial charge in [0, 0.05) is 58.4 Å². The number of pyridine rings is 1. The SMILES string of the molecule is CN=C(NCCNC(=O)C1CC1)N1CCN(c2ccccn2)CC1.I. The molecule has 0 spiro atoms. The van der Waals surface area contributed by atoms with Gasteiger partial charge >= 0.3 is 0 Å². The number of amides is 1. The van der Waals surface area contributed by atoms with Gasteiger partial charge in [-0.05, 0) is 25.0 Å². The normalized spacial score (nSPS) is 17.7. The Kier molecular flexibility index (Phi) is 7.73. The molecule has 1 saturated carbocycles. The van der Waals surface area contributed by atoms with E-state index in [0.717, 1.165) is 50.8 Å². The molecule has 1 aromatic rings. The third-order valence-electron chi connectivity index (χ3n) is 4.42. The van der Waals surface area contributed by atoms with Gasteiger partial charge in [-0.15, -0.1) is 24.0 Å². The van der Waals surface area contributed by atoms with Gasteiger partial charge in [-0.3, -0.25) is 9.79 Å². The minimum absolute atomic E-state index is 0. The zero-order chi connectivity index (χ0) is 16.8. The van der Waals surface area contributed by atoms with Crippen LogP contribution in [0.1, 0.15) is 12.8 Å². The lowest BCUT2D eigenvalue weighted by Gasteiger charge is -2.37. The maximum Gasteiger partial charge on any atom is 0.223 e. The predicted molar refractivity (Wildman–Crippen MR) is 111 cm³/mol. The molecule has 0 radical (unpaired) electrons. The first-order chi connectivity index (χ1) is 11.8. The Hall–Kier alpha value is -1.58. The van der Waals surface area contributed by atoms with Crippen molar-refractivity contribution < 1.29 is 4.79 Å². The van der Waals surface area contributed by atoms with Crippen LogP contribution < -0.4 is 15.5 Å². The number of rotatable bonds is 5. The highest BCUT2D eigenvalue weighted by atomic mass is 127. The van der Waals surface area contributed by atoms with Crippen molar-refractivity contribution in [3.8, 4) is 0 Å². The van der Waals surface area contributed by atoms with Crippen molar-refractivity contribution >= 4 is 41.7 Å². The number of carbonyl (C=O) groups is 1. The Morgan fingerprint density at radius 1 is 1.20 bits per heavy atom. The van der Waals surface area contributed by atoms with Gasteiger partial charge in [-0.1, -0.05) is 6.07 Å². The number of nitrogens with one attached hydrogen (secondary N) is 2. The number of hydrogen-bond acceptors (Lipinski definition) is 4. The Bertz CT molecular complexity index is 570. The van der Waals surface area contributed by atoms with Crippen LogP contribution in [0.3, 0.4) is 0 Å². The first-order valence-electron chi connectivity index (χ1n) is 8.67. The van der Waals surface area contributed by atoms with Crippen LogP contribution in [-0.4, -0.2) is 68.1 Å². The summed E-state index contributed by atoms with van der Waals surface area (Å²) < 4.78 is 0. The number of anilines is 1. The fraction of sp³-hybridized carbons (Fsp3) is 0.588. The van der Waals surface area contributed by atoms with Crippen molar-refractivity contribution in [2.45, 2.75) is 12.8 Å². The molecule has 138 valence electrons. The van der Waals surface area contributed by atoms with E-state index in [-0.39, 0.29) is 35.8 Å². The summed E-state index contributed by atoms with van der Waals surface area (Å²) in [7, 11) is 1.80. The van der Waals surface area contributed by atoms with Crippen molar-refractivity contribution in [1.29, 1.82) is 0 Å². The number of aliphatic imine (C=N–C) groups is 1. The number of hydrogen-bond donors (Lipinski definition) is 2. The van der Waals surface area contributed by atoms with Crippen LogP contribution in [-0.2, 0) is 4.79 Å². The molecular weight excluding hydrogens is 431 g/mol. The van der Waals surface area contributed by atoms with Crippen LogP contribution in [0.4, 0.5) is 5.82 Å². The van der Waals surface area contributed by atoms with Gasteiger partial charge in [0.05, 0.1) is 0 Å². The second-order valence-electron chi connectivity index (χ2n) is 6.20. The van der Waals surface area contributed by atoms with Crippen molar-refractivity contribution in [2.75, 3.05) is 51.2 Å². The number of aromatic nitrogens is 1. The molecule has 8 heteroatoms. The summed E-state index contributed by atoms with van der Waals surface area (Å²) in [6, 6.07) is 6.00. The molecule has 1 amide bonds. The molecule has 2 N–H and O–H groups in total. The van der Waals surface area contributed by atoms with E-state index in [0.29, 0.717) is 13.1 Å². The number of nitrogens with zero attached hydrogens (tertiary/aromatic N) is 4. The van der Waals surface area contributed by atoms with Crippen molar-refractivity contribution in [2.24, 2.45) is 10.9 Å². The molecular formula is C17H27IN6O. The van der Waals surface area contributed by atoms with Crippen LogP contribution in [0.2, 0.25) is 0 Å². The van der Waals surface area contributed by atoms with E-state index in [1.54, 1.807) is 7.05 Å². The molecule has 0 aromatic carbocycles. The van der Waals surface area contributed by atoms with E-state index >= 15 is 0 Å². The highest BCUT2D eigenvalue weighted by Gasteiger charge is 2.29. The largest absolute Gasteiger partial charge is 0.354 e. The third-order valence-corrected chi connectivity index (χ3v) is 4.42.